The largest absolute Gasteiger partial charge is 0.368 e. The molecule has 1 aromatic heterocycles. The number of piperidine rings is 1. The van der Waals surface area contributed by atoms with Crippen molar-refractivity contribution < 1.29 is 13.5 Å². The van der Waals surface area contributed by atoms with Gasteiger partial charge in [-0.2, -0.15) is 5.10 Å². The van der Waals surface area contributed by atoms with Crippen molar-refractivity contribution in [2.24, 2.45) is 5.92 Å². The Morgan fingerprint density at radius 1 is 1.15 bits per heavy atom. The van der Waals surface area contributed by atoms with E-state index in [1.165, 1.54) is 5.56 Å². The van der Waals surface area contributed by atoms with E-state index in [0.29, 0.717) is 13.2 Å². The Morgan fingerprint density at radius 3 is 2.58 bits per heavy atom. The van der Waals surface area contributed by atoms with Crippen LogP contribution in [-0.4, -0.2) is 46.8 Å². The summed E-state index contributed by atoms with van der Waals surface area (Å²) in [5.41, 5.74) is 2.99. The van der Waals surface area contributed by atoms with Crippen LogP contribution in [0.3, 0.4) is 0 Å². The molecule has 3 heterocycles. The second kappa shape index (κ2) is 5.86. The molecule has 1 saturated carbocycles. The van der Waals surface area contributed by atoms with Crippen LogP contribution >= 0.6 is 0 Å². The molecular formula is C20H23F2N3O. The lowest BCUT2D eigenvalue weighted by Gasteiger charge is -2.43. The van der Waals surface area contributed by atoms with Crippen LogP contribution in [0.15, 0.2) is 36.5 Å². The van der Waals surface area contributed by atoms with Crippen LogP contribution in [0, 0.1) is 5.92 Å². The summed E-state index contributed by atoms with van der Waals surface area (Å²) in [7, 11) is 0. The van der Waals surface area contributed by atoms with E-state index in [1.54, 1.807) is 0 Å². The third kappa shape index (κ3) is 2.76. The molecule has 1 unspecified atom stereocenters. The molecule has 138 valence electrons. The molecule has 5 rings (SSSR count). The Morgan fingerprint density at radius 2 is 1.88 bits per heavy atom. The van der Waals surface area contributed by atoms with E-state index in [0.717, 1.165) is 43.7 Å². The number of benzene rings is 1. The summed E-state index contributed by atoms with van der Waals surface area (Å²) in [5.74, 6) is -2.88. The van der Waals surface area contributed by atoms with Crippen molar-refractivity contribution in [1.82, 2.24) is 14.7 Å². The molecule has 3 aliphatic rings. The van der Waals surface area contributed by atoms with Gasteiger partial charge in [0.05, 0.1) is 18.0 Å². The van der Waals surface area contributed by atoms with Gasteiger partial charge in [0, 0.05) is 38.2 Å². The minimum atomic E-state index is -2.43. The lowest BCUT2D eigenvalue weighted by atomic mass is 9.83. The van der Waals surface area contributed by atoms with Gasteiger partial charge in [0.1, 0.15) is 5.60 Å². The van der Waals surface area contributed by atoms with E-state index in [1.807, 2.05) is 35.0 Å². The van der Waals surface area contributed by atoms with E-state index in [4.69, 9.17) is 9.84 Å². The zero-order valence-corrected chi connectivity index (χ0v) is 14.7. The van der Waals surface area contributed by atoms with E-state index in [9.17, 15) is 8.78 Å². The van der Waals surface area contributed by atoms with Gasteiger partial charge >= 0.3 is 0 Å². The van der Waals surface area contributed by atoms with E-state index < -0.39 is 11.8 Å². The number of rotatable bonds is 3. The standard InChI is InChI=1S/C20H23F2N3O/c21-20(22)12-16(20)14-24-9-7-19(8-10-24)18-15(6-11-26-19)13-25(23-18)17-4-2-1-3-5-17/h1-5,13,16H,6-12,14H2. The molecule has 2 fully saturated rings. The van der Waals surface area contributed by atoms with Gasteiger partial charge in [-0.3, -0.25) is 0 Å². The minimum absolute atomic E-state index is 0.0524. The number of alkyl halides is 2. The number of halogens is 2. The maximum Gasteiger partial charge on any atom is 0.252 e. The maximum atomic E-state index is 13.2. The van der Waals surface area contributed by atoms with Crippen molar-refractivity contribution in [1.29, 1.82) is 0 Å². The van der Waals surface area contributed by atoms with Gasteiger partial charge in [-0.05, 0) is 37.0 Å². The smallest absolute Gasteiger partial charge is 0.252 e. The van der Waals surface area contributed by atoms with Crippen molar-refractivity contribution in [3.8, 4) is 5.69 Å². The Kier molecular flexibility index (Phi) is 3.69. The van der Waals surface area contributed by atoms with Crippen LogP contribution in [0.4, 0.5) is 8.78 Å². The normalized spacial score (nSPS) is 26.6. The summed E-state index contributed by atoms with van der Waals surface area (Å²) in [6.45, 7) is 2.80. The first-order chi connectivity index (χ1) is 12.6. The first-order valence-corrected chi connectivity index (χ1v) is 9.44. The van der Waals surface area contributed by atoms with Crippen LogP contribution in [0.1, 0.15) is 30.5 Å². The lowest BCUT2D eigenvalue weighted by molar-refractivity contribution is -0.102. The molecular weight excluding hydrogens is 336 g/mol. The monoisotopic (exact) mass is 359 g/mol. The Labute approximate surface area is 151 Å². The number of ether oxygens (including phenoxy) is 1. The first kappa shape index (κ1) is 16.4. The fourth-order valence-corrected chi connectivity index (χ4v) is 4.37. The number of likely N-dealkylation sites (tertiary alicyclic amines) is 1. The van der Waals surface area contributed by atoms with Gasteiger partial charge in [0.2, 0.25) is 0 Å². The van der Waals surface area contributed by atoms with E-state index >= 15 is 0 Å². The molecule has 1 spiro atoms. The van der Waals surface area contributed by atoms with E-state index in [-0.39, 0.29) is 12.0 Å². The third-order valence-electron chi connectivity index (χ3n) is 6.09. The van der Waals surface area contributed by atoms with Crippen molar-refractivity contribution in [2.75, 3.05) is 26.2 Å². The summed E-state index contributed by atoms with van der Waals surface area (Å²) in [4.78, 5) is 2.17. The number of aromatic nitrogens is 2. The van der Waals surface area contributed by atoms with Crippen LogP contribution < -0.4 is 0 Å². The average molecular weight is 359 g/mol. The molecule has 1 aromatic carbocycles. The fourth-order valence-electron chi connectivity index (χ4n) is 4.37. The predicted molar refractivity (Wildman–Crippen MR) is 93.6 cm³/mol. The highest BCUT2D eigenvalue weighted by molar-refractivity contribution is 5.35. The number of fused-ring (bicyclic) bond motifs is 2. The molecule has 4 nitrogen and oxygen atoms in total. The van der Waals surface area contributed by atoms with Gasteiger partial charge < -0.3 is 9.64 Å². The van der Waals surface area contributed by atoms with Gasteiger partial charge in [-0.15, -0.1) is 0 Å². The summed E-state index contributed by atoms with van der Waals surface area (Å²) in [6.07, 6.45) is 4.69. The summed E-state index contributed by atoms with van der Waals surface area (Å²) >= 11 is 0. The SMILES string of the molecule is FC1(F)CC1CN1CCC2(CC1)OCCc1cn(-c3ccccc3)nc12. The second-order valence-corrected chi connectivity index (χ2v) is 7.84. The summed E-state index contributed by atoms with van der Waals surface area (Å²) in [6, 6.07) is 10.1. The predicted octanol–water partition coefficient (Wildman–Crippen LogP) is 3.39. The Balaban J connectivity index is 1.35. The molecule has 0 bridgehead atoms. The Hall–Kier alpha value is -1.79. The maximum absolute atomic E-state index is 13.2. The van der Waals surface area contributed by atoms with Gasteiger partial charge in [-0.1, -0.05) is 18.2 Å². The second-order valence-electron chi connectivity index (χ2n) is 7.84. The number of hydrogen-bond donors (Lipinski definition) is 0. The highest BCUT2D eigenvalue weighted by Crippen LogP contribution is 2.49. The topological polar surface area (TPSA) is 30.3 Å². The summed E-state index contributed by atoms with van der Waals surface area (Å²) in [5, 5.41) is 4.87. The van der Waals surface area contributed by atoms with Crippen molar-refractivity contribution in [3.05, 3.63) is 47.8 Å². The van der Waals surface area contributed by atoms with Crippen LogP contribution in [-0.2, 0) is 16.8 Å². The zero-order valence-electron chi connectivity index (χ0n) is 14.7. The molecule has 0 radical (unpaired) electrons. The van der Waals surface area contributed by atoms with Crippen LogP contribution in [0.25, 0.3) is 5.69 Å². The number of para-hydroxylation sites is 1. The molecule has 0 amide bonds. The van der Waals surface area contributed by atoms with Crippen molar-refractivity contribution >= 4 is 0 Å². The molecule has 2 aromatic rings. The number of nitrogens with zero attached hydrogens (tertiary/aromatic N) is 3. The molecule has 1 saturated heterocycles. The average Bonchev–Trinajstić information content (AvgIpc) is 3.05. The molecule has 26 heavy (non-hydrogen) atoms. The van der Waals surface area contributed by atoms with Crippen molar-refractivity contribution in [3.63, 3.8) is 0 Å². The lowest BCUT2D eigenvalue weighted by Crippen LogP contribution is -2.47. The molecule has 1 aliphatic carbocycles. The Bertz CT molecular complexity index is 797. The minimum Gasteiger partial charge on any atom is -0.368 e. The first-order valence-electron chi connectivity index (χ1n) is 9.44. The molecule has 2 aliphatic heterocycles. The van der Waals surface area contributed by atoms with Gasteiger partial charge in [0.25, 0.3) is 5.92 Å². The number of hydrogen-bond acceptors (Lipinski definition) is 3. The highest BCUT2D eigenvalue weighted by Gasteiger charge is 2.57. The molecule has 1 atom stereocenters. The van der Waals surface area contributed by atoms with Gasteiger partial charge in [-0.25, -0.2) is 13.5 Å². The quantitative estimate of drug-likeness (QED) is 0.842. The molecule has 6 heteroatoms. The molecule has 0 N–H and O–H groups in total. The van der Waals surface area contributed by atoms with Crippen molar-refractivity contribution in [2.45, 2.75) is 37.2 Å². The summed E-state index contributed by atoms with van der Waals surface area (Å²) < 4.78 is 34.6. The fraction of sp³-hybridized carbons (Fsp3) is 0.550. The third-order valence-corrected chi connectivity index (χ3v) is 6.09. The van der Waals surface area contributed by atoms with E-state index in [2.05, 4.69) is 11.1 Å². The van der Waals surface area contributed by atoms with Crippen LogP contribution in [0.5, 0.6) is 0 Å². The highest BCUT2D eigenvalue weighted by atomic mass is 19.3. The zero-order chi connectivity index (χ0) is 17.8. The van der Waals surface area contributed by atoms with Crippen LogP contribution in [0.2, 0.25) is 0 Å². The van der Waals surface area contributed by atoms with Gasteiger partial charge in [0.15, 0.2) is 0 Å².